The molecule has 0 saturated heterocycles. The molecule has 3 aromatic rings. The molecule has 2 aromatic heterocycles. The van der Waals surface area contributed by atoms with Gasteiger partial charge in [0, 0.05) is 11.8 Å². The van der Waals surface area contributed by atoms with Crippen LogP contribution in [0.4, 0.5) is 11.5 Å². The fourth-order valence-electron chi connectivity index (χ4n) is 2.02. The second kappa shape index (κ2) is 5.40. The number of aryl methyl sites for hydroxylation is 1. The van der Waals surface area contributed by atoms with Gasteiger partial charge in [0.2, 0.25) is 5.91 Å². The van der Waals surface area contributed by atoms with Gasteiger partial charge in [0.1, 0.15) is 11.8 Å². The van der Waals surface area contributed by atoms with Gasteiger partial charge in [0.25, 0.3) is 0 Å². The Balaban J connectivity index is 1.70. The highest BCUT2D eigenvalue weighted by molar-refractivity contribution is 5.95. The molecular formula is C14H14N4O4. The lowest BCUT2D eigenvalue weighted by Crippen LogP contribution is -2.31. The SMILES string of the molecule is Cc1cc(NC(=O)C(C)Nc2ccc3oc(=O)[nH]c3c2)no1. The van der Waals surface area contributed by atoms with Crippen LogP contribution in [0.5, 0.6) is 0 Å². The third kappa shape index (κ3) is 2.85. The summed E-state index contributed by atoms with van der Waals surface area (Å²) in [6.45, 7) is 3.45. The van der Waals surface area contributed by atoms with Crippen molar-refractivity contribution in [3.63, 3.8) is 0 Å². The molecular weight excluding hydrogens is 288 g/mol. The Hall–Kier alpha value is -3.03. The molecule has 1 amide bonds. The quantitative estimate of drug-likeness (QED) is 0.678. The van der Waals surface area contributed by atoms with E-state index in [9.17, 15) is 9.59 Å². The van der Waals surface area contributed by atoms with E-state index in [2.05, 4.69) is 20.8 Å². The van der Waals surface area contributed by atoms with Crippen LogP contribution >= 0.6 is 0 Å². The topological polar surface area (TPSA) is 113 Å². The van der Waals surface area contributed by atoms with Crippen LogP contribution in [0.25, 0.3) is 11.1 Å². The van der Waals surface area contributed by atoms with Gasteiger partial charge in [0.05, 0.1) is 5.52 Å². The van der Waals surface area contributed by atoms with E-state index in [-0.39, 0.29) is 5.91 Å². The first kappa shape index (κ1) is 13.9. The zero-order valence-corrected chi connectivity index (χ0v) is 12.0. The lowest BCUT2D eigenvalue weighted by molar-refractivity contribution is -0.116. The van der Waals surface area contributed by atoms with Crippen LogP contribution in [0.15, 0.2) is 38.0 Å². The van der Waals surface area contributed by atoms with Crippen molar-refractivity contribution in [3.8, 4) is 0 Å². The van der Waals surface area contributed by atoms with Gasteiger partial charge in [-0.25, -0.2) is 4.79 Å². The number of carbonyl (C=O) groups excluding carboxylic acids is 1. The fourth-order valence-corrected chi connectivity index (χ4v) is 2.02. The normalized spacial score (nSPS) is 12.3. The molecule has 0 aliphatic heterocycles. The number of anilines is 2. The van der Waals surface area contributed by atoms with Crippen molar-refractivity contribution in [3.05, 3.63) is 40.6 Å². The molecule has 22 heavy (non-hydrogen) atoms. The van der Waals surface area contributed by atoms with Crippen molar-refractivity contribution in [1.82, 2.24) is 10.1 Å². The molecule has 1 aromatic carbocycles. The maximum atomic E-state index is 12.1. The van der Waals surface area contributed by atoms with Gasteiger partial charge in [-0.15, -0.1) is 0 Å². The van der Waals surface area contributed by atoms with E-state index in [1.54, 1.807) is 38.1 Å². The third-order valence-corrected chi connectivity index (χ3v) is 3.07. The maximum Gasteiger partial charge on any atom is 0.417 e. The van der Waals surface area contributed by atoms with E-state index < -0.39 is 11.8 Å². The molecule has 0 spiro atoms. The van der Waals surface area contributed by atoms with Crippen molar-refractivity contribution in [2.75, 3.05) is 10.6 Å². The van der Waals surface area contributed by atoms with Crippen molar-refractivity contribution >= 4 is 28.5 Å². The van der Waals surface area contributed by atoms with Crippen LogP contribution in [0.3, 0.4) is 0 Å². The molecule has 0 fully saturated rings. The molecule has 0 saturated carbocycles. The molecule has 1 unspecified atom stereocenters. The van der Waals surface area contributed by atoms with Gasteiger partial charge in [-0.2, -0.15) is 0 Å². The number of carbonyl (C=O) groups is 1. The van der Waals surface area contributed by atoms with E-state index in [4.69, 9.17) is 8.94 Å². The number of hydrogen-bond donors (Lipinski definition) is 3. The number of H-pyrrole nitrogens is 1. The average Bonchev–Trinajstić information content (AvgIpc) is 3.03. The molecule has 0 aliphatic rings. The summed E-state index contributed by atoms with van der Waals surface area (Å²) in [6, 6.07) is 6.20. The van der Waals surface area contributed by atoms with Gasteiger partial charge in [-0.1, -0.05) is 5.16 Å². The average molecular weight is 302 g/mol. The number of aromatic amines is 1. The van der Waals surface area contributed by atoms with Gasteiger partial charge in [-0.3, -0.25) is 9.78 Å². The Labute approximate surface area is 124 Å². The maximum absolute atomic E-state index is 12.1. The molecule has 0 aliphatic carbocycles. The molecule has 0 radical (unpaired) electrons. The first-order valence-corrected chi connectivity index (χ1v) is 6.65. The highest BCUT2D eigenvalue weighted by Crippen LogP contribution is 2.17. The lowest BCUT2D eigenvalue weighted by atomic mass is 10.2. The molecule has 8 nitrogen and oxygen atoms in total. The second-order valence-electron chi connectivity index (χ2n) is 4.90. The summed E-state index contributed by atoms with van der Waals surface area (Å²) in [5, 5.41) is 9.38. The summed E-state index contributed by atoms with van der Waals surface area (Å²) in [6.07, 6.45) is 0. The number of benzene rings is 1. The van der Waals surface area contributed by atoms with Crippen molar-refractivity contribution in [1.29, 1.82) is 0 Å². The minimum Gasteiger partial charge on any atom is -0.408 e. The minimum absolute atomic E-state index is 0.255. The second-order valence-corrected chi connectivity index (χ2v) is 4.90. The molecule has 2 heterocycles. The highest BCUT2D eigenvalue weighted by atomic mass is 16.5. The monoisotopic (exact) mass is 302 g/mol. The third-order valence-electron chi connectivity index (χ3n) is 3.07. The van der Waals surface area contributed by atoms with Crippen LogP contribution in [0.2, 0.25) is 0 Å². The summed E-state index contributed by atoms with van der Waals surface area (Å²) >= 11 is 0. The Morgan fingerprint density at radius 3 is 2.91 bits per heavy atom. The Kier molecular flexibility index (Phi) is 3.42. The Bertz CT molecular complexity index is 876. The van der Waals surface area contributed by atoms with Crippen molar-refractivity contribution in [2.45, 2.75) is 19.9 Å². The standard InChI is InChI=1S/C14H14N4O4/c1-7-5-12(18-22-7)17-13(19)8(2)15-9-3-4-11-10(6-9)16-14(20)21-11/h3-6,8,15H,1-2H3,(H,16,20)(H,17,18,19). The molecule has 8 heteroatoms. The number of fused-ring (bicyclic) bond motifs is 1. The zero-order valence-electron chi connectivity index (χ0n) is 12.0. The smallest absolute Gasteiger partial charge is 0.408 e. The molecule has 114 valence electrons. The van der Waals surface area contributed by atoms with Gasteiger partial charge < -0.3 is 19.6 Å². The van der Waals surface area contributed by atoms with Crippen LogP contribution in [-0.2, 0) is 4.79 Å². The first-order valence-electron chi connectivity index (χ1n) is 6.65. The predicted octanol–water partition coefficient (Wildman–Crippen LogP) is 1.86. The summed E-state index contributed by atoms with van der Waals surface area (Å²) in [5.74, 6) is 0.212. The lowest BCUT2D eigenvalue weighted by Gasteiger charge is -2.14. The van der Waals surface area contributed by atoms with E-state index in [0.717, 1.165) is 0 Å². The van der Waals surface area contributed by atoms with Crippen LogP contribution < -0.4 is 16.4 Å². The number of amides is 1. The van der Waals surface area contributed by atoms with E-state index >= 15 is 0 Å². The van der Waals surface area contributed by atoms with E-state index in [1.165, 1.54) is 0 Å². The molecule has 0 bridgehead atoms. The largest absolute Gasteiger partial charge is 0.417 e. The number of hydrogen-bond acceptors (Lipinski definition) is 6. The van der Waals surface area contributed by atoms with Crippen LogP contribution in [0, 0.1) is 6.92 Å². The van der Waals surface area contributed by atoms with Crippen molar-refractivity contribution in [2.24, 2.45) is 0 Å². The molecule has 1 atom stereocenters. The van der Waals surface area contributed by atoms with E-state index in [0.29, 0.717) is 28.4 Å². The number of nitrogens with zero attached hydrogens (tertiary/aromatic N) is 1. The van der Waals surface area contributed by atoms with Gasteiger partial charge in [0.15, 0.2) is 11.4 Å². The Morgan fingerprint density at radius 1 is 1.36 bits per heavy atom. The highest BCUT2D eigenvalue weighted by Gasteiger charge is 2.15. The molecule has 3 rings (SSSR count). The zero-order chi connectivity index (χ0) is 15.7. The predicted molar refractivity (Wildman–Crippen MR) is 79.8 cm³/mol. The van der Waals surface area contributed by atoms with Crippen LogP contribution in [0.1, 0.15) is 12.7 Å². The summed E-state index contributed by atoms with van der Waals surface area (Å²) in [4.78, 5) is 25.7. The summed E-state index contributed by atoms with van der Waals surface area (Å²) in [5.41, 5.74) is 1.71. The summed E-state index contributed by atoms with van der Waals surface area (Å²) in [7, 11) is 0. The Morgan fingerprint density at radius 2 is 2.18 bits per heavy atom. The van der Waals surface area contributed by atoms with Crippen LogP contribution in [-0.4, -0.2) is 22.1 Å². The minimum atomic E-state index is -0.514. The number of nitrogens with one attached hydrogen (secondary N) is 3. The molecule has 3 N–H and O–H groups in total. The number of rotatable bonds is 4. The van der Waals surface area contributed by atoms with Gasteiger partial charge >= 0.3 is 5.76 Å². The van der Waals surface area contributed by atoms with Crippen molar-refractivity contribution < 1.29 is 13.7 Å². The van der Waals surface area contributed by atoms with Gasteiger partial charge in [-0.05, 0) is 32.0 Å². The first-order chi connectivity index (χ1) is 10.5. The number of oxazole rings is 1. The fraction of sp³-hybridized carbons (Fsp3) is 0.214. The summed E-state index contributed by atoms with van der Waals surface area (Å²) < 4.78 is 9.80. The number of aromatic nitrogens is 2. The van der Waals surface area contributed by atoms with E-state index in [1.807, 2.05) is 0 Å².